The van der Waals surface area contributed by atoms with Crippen molar-refractivity contribution in [3.63, 3.8) is 0 Å². The fraction of sp³-hybridized carbons (Fsp3) is 0.583. The lowest BCUT2D eigenvalue weighted by Crippen LogP contribution is -2.33. The summed E-state index contributed by atoms with van der Waals surface area (Å²) in [6, 6.07) is 0. The Kier molecular flexibility index (Phi) is 2.91. The largest absolute Gasteiger partial charge is 0.394 e. The molecule has 2 aromatic heterocycles. The number of ether oxygens (including phenoxy) is 2. The van der Waals surface area contributed by atoms with Crippen molar-refractivity contribution >= 4 is 11.2 Å². The molecule has 0 radical (unpaired) electrons. The number of hydrogen-bond donors (Lipinski definition) is 3. The average Bonchev–Trinajstić information content (AvgIpc) is 3.20. The SMILES string of the molecule is OC[C@H]1O[C@@H](n2cnc3c(C4CO4)ncnc32)[C@H](O)[C@@H]1O. The number of nitrogens with zero attached hydrogens (tertiary/aromatic N) is 4. The van der Waals surface area contributed by atoms with Crippen LogP contribution in [0.1, 0.15) is 18.0 Å². The number of fused-ring (bicyclic) bond motifs is 1. The number of epoxide rings is 1. The molecular formula is C12H14N4O5. The van der Waals surface area contributed by atoms with Crippen LogP contribution in [0.3, 0.4) is 0 Å². The Hall–Kier alpha value is -1.65. The molecule has 3 N–H and O–H groups in total. The Labute approximate surface area is 118 Å². The van der Waals surface area contributed by atoms with E-state index >= 15 is 0 Å². The van der Waals surface area contributed by atoms with Crippen molar-refractivity contribution in [3.8, 4) is 0 Å². The zero-order valence-electron chi connectivity index (χ0n) is 10.9. The first-order chi connectivity index (χ1) is 10.2. The third-order valence-electron chi connectivity index (χ3n) is 3.82. The first kappa shape index (κ1) is 13.0. The topological polar surface area (TPSA) is 126 Å². The van der Waals surface area contributed by atoms with Crippen LogP contribution in [-0.4, -0.2) is 66.4 Å². The van der Waals surface area contributed by atoms with E-state index in [0.717, 1.165) is 0 Å². The monoisotopic (exact) mass is 294 g/mol. The molecule has 1 unspecified atom stereocenters. The highest BCUT2D eigenvalue weighted by Gasteiger charge is 2.44. The molecule has 2 aliphatic heterocycles. The molecule has 0 bridgehead atoms. The van der Waals surface area contributed by atoms with E-state index in [1.165, 1.54) is 17.2 Å². The van der Waals surface area contributed by atoms with Gasteiger partial charge in [-0.3, -0.25) is 4.57 Å². The van der Waals surface area contributed by atoms with Crippen LogP contribution < -0.4 is 0 Å². The number of rotatable bonds is 3. The van der Waals surface area contributed by atoms with Crippen molar-refractivity contribution < 1.29 is 24.8 Å². The van der Waals surface area contributed by atoms with Gasteiger partial charge in [0, 0.05) is 0 Å². The Morgan fingerprint density at radius 1 is 1.24 bits per heavy atom. The van der Waals surface area contributed by atoms with Crippen LogP contribution in [0.15, 0.2) is 12.7 Å². The van der Waals surface area contributed by atoms with E-state index in [-0.39, 0.29) is 12.7 Å². The molecule has 112 valence electrons. The van der Waals surface area contributed by atoms with Crippen LogP contribution >= 0.6 is 0 Å². The second-order valence-corrected chi connectivity index (χ2v) is 5.13. The van der Waals surface area contributed by atoms with E-state index in [9.17, 15) is 10.2 Å². The highest BCUT2D eigenvalue weighted by molar-refractivity contribution is 5.74. The lowest BCUT2D eigenvalue weighted by atomic mass is 10.1. The maximum Gasteiger partial charge on any atom is 0.165 e. The summed E-state index contributed by atoms with van der Waals surface area (Å²) in [6.07, 6.45) is -1.21. The molecule has 0 aliphatic carbocycles. The molecule has 2 aromatic rings. The van der Waals surface area contributed by atoms with Crippen LogP contribution in [0.2, 0.25) is 0 Å². The Balaban J connectivity index is 1.76. The van der Waals surface area contributed by atoms with E-state index in [4.69, 9.17) is 14.6 Å². The maximum absolute atomic E-state index is 10.1. The Morgan fingerprint density at radius 3 is 2.71 bits per heavy atom. The van der Waals surface area contributed by atoms with E-state index in [0.29, 0.717) is 23.5 Å². The molecule has 9 nitrogen and oxygen atoms in total. The summed E-state index contributed by atoms with van der Waals surface area (Å²) in [5.41, 5.74) is 1.77. The summed E-state index contributed by atoms with van der Waals surface area (Å²) >= 11 is 0. The first-order valence-electron chi connectivity index (χ1n) is 6.62. The van der Waals surface area contributed by atoms with Gasteiger partial charge in [-0.25, -0.2) is 15.0 Å². The van der Waals surface area contributed by atoms with Crippen LogP contribution in [0.5, 0.6) is 0 Å². The summed E-state index contributed by atoms with van der Waals surface area (Å²) < 4.78 is 12.2. The molecule has 2 fully saturated rings. The van der Waals surface area contributed by atoms with Gasteiger partial charge in [-0.05, 0) is 0 Å². The van der Waals surface area contributed by atoms with Crippen molar-refractivity contribution in [2.24, 2.45) is 0 Å². The van der Waals surface area contributed by atoms with E-state index in [1.54, 1.807) is 0 Å². The summed E-state index contributed by atoms with van der Waals surface area (Å²) in [6.45, 7) is 0.227. The van der Waals surface area contributed by atoms with Crippen molar-refractivity contribution in [3.05, 3.63) is 18.3 Å². The van der Waals surface area contributed by atoms with Gasteiger partial charge in [0.05, 0.1) is 19.5 Å². The van der Waals surface area contributed by atoms with E-state index in [2.05, 4.69) is 15.0 Å². The molecule has 0 spiro atoms. The van der Waals surface area contributed by atoms with Gasteiger partial charge in [0.1, 0.15) is 42.0 Å². The number of aromatic nitrogens is 4. The fourth-order valence-electron chi connectivity index (χ4n) is 2.61. The van der Waals surface area contributed by atoms with E-state index in [1.807, 2.05) is 0 Å². The van der Waals surface area contributed by atoms with Gasteiger partial charge in [0.25, 0.3) is 0 Å². The zero-order valence-corrected chi connectivity index (χ0v) is 10.9. The first-order valence-corrected chi connectivity index (χ1v) is 6.62. The number of aliphatic hydroxyl groups excluding tert-OH is 3. The van der Waals surface area contributed by atoms with Crippen LogP contribution in [-0.2, 0) is 9.47 Å². The Bertz CT molecular complexity index is 673. The fourth-order valence-corrected chi connectivity index (χ4v) is 2.61. The minimum absolute atomic E-state index is 0.0657. The Morgan fingerprint density at radius 2 is 2.05 bits per heavy atom. The van der Waals surface area contributed by atoms with Crippen molar-refractivity contribution in [2.45, 2.75) is 30.6 Å². The van der Waals surface area contributed by atoms with Crippen LogP contribution in [0.4, 0.5) is 0 Å². The standard InChI is InChI=1S/C12H14N4O5/c17-1-5-9(18)10(19)12(21-5)16-4-15-8-7(6-2-20-6)13-3-14-11(8)16/h3-6,9-10,12,17-19H,1-2H2/t5-,6?,9-,10-,12-/m1/s1. The predicted molar refractivity (Wildman–Crippen MR) is 67.0 cm³/mol. The summed E-state index contributed by atoms with van der Waals surface area (Å²) in [7, 11) is 0. The highest BCUT2D eigenvalue weighted by Crippen LogP contribution is 2.35. The molecule has 4 rings (SSSR count). The molecule has 21 heavy (non-hydrogen) atoms. The van der Waals surface area contributed by atoms with Crippen LogP contribution in [0, 0.1) is 0 Å². The predicted octanol–water partition coefficient (Wildman–Crippen LogP) is -1.49. The minimum Gasteiger partial charge on any atom is -0.394 e. The number of aliphatic hydroxyl groups is 3. The van der Waals surface area contributed by atoms with Crippen molar-refractivity contribution in [2.75, 3.05) is 13.2 Å². The molecule has 4 heterocycles. The quantitative estimate of drug-likeness (QED) is 0.584. The summed E-state index contributed by atoms with van der Waals surface area (Å²) in [5.74, 6) is 0. The second-order valence-electron chi connectivity index (χ2n) is 5.13. The molecule has 0 amide bonds. The molecule has 2 aliphatic rings. The maximum atomic E-state index is 10.1. The zero-order chi connectivity index (χ0) is 14.6. The van der Waals surface area contributed by atoms with Gasteiger partial charge in [-0.2, -0.15) is 0 Å². The third-order valence-corrected chi connectivity index (χ3v) is 3.82. The van der Waals surface area contributed by atoms with Gasteiger partial charge >= 0.3 is 0 Å². The average molecular weight is 294 g/mol. The van der Waals surface area contributed by atoms with Gasteiger partial charge in [-0.1, -0.05) is 0 Å². The molecule has 0 saturated carbocycles. The molecular weight excluding hydrogens is 280 g/mol. The van der Waals surface area contributed by atoms with Gasteiger partial charge in [0.15, 0.2) is 11.9 Å². The smallest absolute Gasteiger partial charge is 0.165 e. The van der Waals surface area contributed by atoms with Gasteiger partial charge < -0.3 is 24.8 Å². The molecule has 2 saturated heterocycles. The van der Waals surface area contributed by atoms with Crippen LogP contribution in [0.25, 0.3) is 11.2 Å². The van der Waals surface area contributed by atoms with Gasteiger partial charge in [-0.15, -0.1) is 0 Å². The molecule has 5 atom stereocenters. The normalized spacial score (nSPS) is 35.5. The molecule has 9 heteroatoms. The number of imidazole rings is 1. The summed E-state index contributed by atoms with van der Waals surface area (Å²) in [5, 5.41) is 29.1. The molecule has 0 aromatic carbocycles. The minimum atomic E-state index is -1.17. The van der Waals surface area contributed by atoms with Gasteiger partial charge in [0.2, 0.25) is 0 Å². The lowest BCUT2D eigenvalue weighted by molar-refractivity contribution is -0.0511. The van der Waals surface area contributed by atoms with Crippen molar-refractivity contribution in [1.82, 2.24) is 19.5 Å². The highest BCUT2D eigenvalue weighted by atomic mass is 16.6. The number of hydrogen-bond acceptors (Lipinski definition) is 8. The summed E-state index contributed by atoms with van der Waals surface area (Å²) in [4.78, 5) is 12.6. The van der Waals surface area contributed by atoms with E-state index < -0.39 is 24.5 Å². The second kappa shape index (κ2) is 4.68. The lowest BCUT2D eigenvalue weighted by Gasteiger charge is -2.16. The third kappa shape index (κ3) is 1.93. The van der Waals surface area contributed by atoms with Crippen molar-refractivity contribution in [1.29, 1.82) is 0 Å².